The lowest BCUT2D eigenvalue weighted by Gasteiger charge is -2.20. The molecule has 4 nitrogen and oxygen atoms in total. The Labute approximate surface area is 88.8 Å². The normalized spacial score (nSPS) is 30.3. The van der Waals surface area contributed by atoms with Crippen LogP contribution in [0.2, 0.25) is 0 Å². The van der Waals surface area contributed by atoms with Crippen LogP contribution in [0.3, 0.4) is 0 Å². The minimum Gasteiger partial charge on any atom is -0.480 e. The summed E-state index contributed by atoms with van der Waals surface area (Å²) in [5.41, 5.74) is 6.79. The van der Waals surface area contributed by atoms with Gasteiger partial charge in [0.15, 0.2) is 0 Å². The first-order valence-electron chi connectivity index (χ1n) is 5.27. The summed E-state index contributed by atoms with van der Waals surface area (Å²) in [7, 11) is 0. The lowest BCUT2D eigenvalue weighted by Crippen LogP contribution is -2.34. The molecule has 0 aromatic carbocycles. The standard InChI is InChI=1S/C11H16N2O2/c12-9(11(14)15)5-7-6-13-10-4-2-1-3-8(7)10/h1-2,4,7-9,13H,3,5-6,12H2,(H,14,15). The van der Waals surface area contributed by atoms with Crippen LogP contribution >= 0.6 is 0 Å². The van der Waals surface area contributed by atoms with Crippen molar-refractivity contribution in [3.8, 4) is 0 Å². The number of fused-ring (bicyclic) bond motifs is 1. The maximum Gasteiger partial charge on any atom is 0.320 e. The summed E-state index contributed by atoms with van der Waals surface area (Å²) in [6.45, 7) is 0.846. The third kappa shape index (κ3) is 2.04. The molecule has 4 N–H and O–H groups in total. The Hall–Kier alpha value is -1.29. The van der Waals surface area contributed by atoms with Gasteiger partial charge in [0, 0.05) is 18.2 Å². The minimum absolute atomic E-state index is 0.354. The molecule has 2 aliphatic rings. The van der Waals surface area contributed by atoms with Gasteiger partial charge in [-0.2, -0.15) is 0 Å². The molecule has 0 bridgehead atoms. The third-order valence-electron chi connectivity index (χ3n) is 3.21. The van der Waals surface area contributed by atoms with E-state index in [1.54, 1.807) is 0 Å². The highest BCUT2D eigenvalue weighted by Crippen LogP contribution is 2.33. The number of nitrogens with two attached hydrogens (primary N) is 1. The zero-order valence-corrected chi connectivity index (χ0v) is 8.52. The molecule has 1 aliphatic heterocycles. The van der Waals surface area contributed by atoms with Crippen LogP contribution in [0, 0.1) is 11.8 Å². The number of carboxylic acids is 1. The van der Waals surface area contributed by atoms with Gasteiger partial charge in [0.05, 0.1) is 0 Å². The van der Waals surface area contributed by atoms with Gasteiger partial charge in [-0.05, 0) is 24.8 Å². The number of hydrogen-bond donors (Lipinski definition) is 3. The summed E-state index contributed by atoms with van der Waals surface area (Å²) in [5, 5.41) is 12.1. The Balaban J connectivity index is 1.98. The highest BCUT2D eigenvalue weighted by atomic mass is 16.4. The zero-order chi connectivity index (χ0) is 10.8. The molecule has 4 heteroatoms. The van der Waals surface area contributed by atoms with E-state index in [-0.39, 0.29) is 0 Å². The predicted molar refractivity (Wildman–Crippen MR) is 57.1 cm³/mol. The third-order valence-corrected chi connectivity index (χ3v) is 3.21. The van der Waals surface area contributed by atoms with Gasteiger partial charge in [-0.3, -0.25) is 4.79 Å². The molecule has 3 atom stereocenters. The van der Waals surface area contributed by atoms with Crippen LogP contribution in [-0.2, 0) is 4.79 Å². The van der Waals surface area contributed by atoms with Gasteiger partial charge in [0.1, 0.15) is 6.04 Å². The number of allylic oxidation sites excluding steroid dienone is 4. The molecule has 0 aromatic rings. The van der Waals surface area contributed by atoms with Crippen molar-refractivity contribution < 1.29 is 9.90 Å². The van der Waals surface area contributed by atoms with Gasteiger partial charge >= 0.3 is 5.97 Å². The summed E-state index contributed by atoms with van der Waals surface area (Å²) in [6.07, 6.45) is 7.78. The van der Waals surface area contributed by atoms with Crippen molar-refractivity contribution in [2.75, 3.05) is 6.54 Å². The average molecular weight is 208 g/mol. The Kier molecular flexibility index (Phi) is 2.77. The highest BCUT2D eigenvalue weighted by Gasteiger charge is 2.33. The Morgan fingerprint density at radius 2 is 2.53 bits per heavy atom. The van der Waals surface area contributed by atoms with Crippen molar-refractivity contribution in [1.82, 2.24) is 5.32 Å². The number of rotatable bonds is 3. The van der Waals surface area contributed by atoms with Crippen LogP contribution in [0.5, 0.6) is 0 Å². The van der Waals surface area contributed by atoms with E-state index in [1.165, 1.54) is 5.70 Å². The van der Waals surface area contributed by atoms with Crippen molar-refractivity contribution >= 4 is 5.97 Å². The van der Waals surface area contributed by atoms with Crippen molar-refractivity contribution in [3.63, 3.8) is 0 Å². The van der Waals surface area contributed by atoms with Gasteiger partial charge in [0.25, 0.3) is 0 Å². The second-order valence-corrected chi connectivity index (χ2v) is 4.21. The predicted octanol–water partition coefficient (Wildman–Crippen LogP) is 0.468. The minimum atomic E-state index is -0.904. The maximum atomic E-state index is 10.7. The SMILES string of the molecule is NC(CC1CNC2=CC=CCC21)C(=O)O. The number of nitrogens with one attached hydrogen (secondary N) is 1. The lowest BCUT2D eigenvalue weighted by molar-refractivity contribution is -0.139. The van der Waals surface area contributed by atoms with Crippen LogP contribution in [0.15, 0.2) is 23.9 Å². The van der Waals surface area contributed by atoms with Crippen LogP contribution in [0.25, 0.3) is 0 Å². The summed E-state index contributed by atoms with van der Waals surface area (Å²) in [5.74, 6) is -0.105. The van der Waals surface area contributed by atoms with Crippen molar-refractivity contribution in [2.45, 2.75) is 18.9 Å². The van der Waals surface area contributed by atoms with Gasteiger partial charge in [-0.1, -0.05) is 12.2 Å². The van der Waals surface area contributed by atoms with Crippen LogP contribution in [-0.4, -0.2) is 23.7 Å². The van der Waals surface area contributed by atoms with E-state index >= 15 is 0 Å². The molecule has 1 aliphatic carbocycles. The molecule has 1 saturated heterocycles. The highest BCUT2D eigenvalue weighted by molar-refractivity contribution is 5.73. The average Bonchev–Trinajstić information content (AvgIpc) is 2.62. The summed E-state index contributed by atoms with van der Waals surface area (Å²) < 4.78 is 0. The molecule has 2 rings (SSSR count). The van der Waals surface area contributed by atoms with Gasteiger partial charge < -0.3 is 16.2 Å². The monoisotopic (exact) mass is 208 g/mol. The first-order chi connectivity index (χ1) is 7.18. The van der Waals surface area contributed by atoms with Crippen molar-refractivity contribution in [1.29, 1.82) is 0 Å². The first kappa shape index (κ1) is 10.2. The largest absolute Gasteiger partial charge is 0.480 e. The van der Waals surface area contributed by atoms with E-state index in [2.05, 4.69) is 17.5 Å². The fourth-order valence-electron chi connectivity index (χ4n) is 2.35. The van der Waals surface area contributed by atoms with Crippen LogP contribution < -0.4 is 11.1 Å². The van der Waals surface area contributed by atoms with E-state index in [9.17, 15) is 4.79 Å². The lowest BCUT2D eigenvalue weighted by atomic mass is 9.84. The molecule has 0 amide bonds. The zero-order valence-electron chi connectivity index (χ0n) is 8.52. The summed E-state index contributed by atoms with van der Waals surface area (Å²) in [6, 6.07) is -0.734. The van der Waals surface area contributed by atoms with Gasteiger partial charge in [0.2, 0.25) is 0 Å². The molecule has 15 heavy (non-hydrogen) atoms. The smallest absolute Gasteiger partial charge is 0.320 e. The first-order valence-corrected chi connectivity index (χ1v) is 5.27. The van der Waals surface area contributed by atoms with Crippen molar-refractivity contribution in [2.24, 2.45) is 17.6 Å². The number of hydrogen-bond acceptors (Lipinski definition) is 3. The number of carbonyl (C=O) groups is 1. The van der Waals surface area contributed by atoms with E-state index in [1.807, 2.05) is 6.08 Å². The molecule has 0 saturated carbocycles. The quantitative estimate of drug-likeness (QED) is 0.630. The van der Waals surface area contributed by atoms with Crippen LogP contribution in [0.4, 0.5) is 0 Å². The van der Waals surface area contributed by atoms with E-state index in [0.717, 1.165) is 13.0 Å². The maximum absolute atomic E-state index is 10.7. The van der Waals surface area contributed by atoms with Gasteiger partial charge in [-0.25, -0.2) is 0 Å². The molecule has 1 heterocycles. The second kappa shape index (κ2) is 4.06. The Morgan fingerprint density at radius 1 is 1.73 bits per heavy atom. The fraction of sp³-hybridized carbons (Fsp3) is 0.545. The Bertz CT molecular complexity index is 323. The van der Waals surface area contributed by atoms with E-state index < -0.39 is 12.0 Å². The molecule has 0 spiro atoms. The van der Waals surface area contributed by atoms with Crippen LogP contribution in [0.1, 0.15) is 12.8 Å². The molecular weight excluding hydrogens is 192 g/mol. The van der Waals surface area contributed by atoms with Gasteiger partial charge in [-0.15, -0.1) is 0 Å². The molecule has 3 unspecified atom stereocenters. The molecule has 1 fully saturated rings. The number of aliphatic carboxylic acids is 1. The fourth-order valence-corrected chi connectivity index (χ4v) is 2.35. The van der Waals surface area contributed by atoms with E-state index in [0.29, 0.717) is 18.3 Å². The second-order valence-electron chi connectivity index (χ2n) is 4.21. The summed E-state index contributed by atoms with van der Waals surface area (Å²) in [4.78, 5) is 10.7. The molecule has 0 radical (unpaired) electrons. The van der Waals surface area contributed by atoms with Crippen molar-refractivity contribution in [3.05, 3.63) is 23.9 Å². The molecular formula is C11H16N2O2. The Morgan fingerprint density at radius 3 is 3.27 bits per heavy atom. The summed E-state index contributed by atoms with van der Waals surface area (Å²) >= 11 is 0. The van der Waals surface area contributed by atoms with E-state index in [4.69, 9.17) is 10.8 Å². The topological polar surface area (TPSA) is 75.3 Å². The molecule has 0 aromatic heterocycles. The number of carboxylic acid groups (broad SMARTS) is 1. The molecule has 82 valence electrons.